The maximum absolute atomic E-state index is 11.2. The standard InChI is InChI=1S/C15H18N2O2/c1-9-5-6-11(10(2)7-9)12-8-16-13(17-12)15(3,4)14(18)19/h5-8H,1-4H3,(H,16,17)(H,18,19). The highest BCUT2D eigenvalue weighted by Gasteiger charge is 2.32. The van der Waals surface area contributed by atoms with E-state index < -0.39 is 11.4 Å². The van der Waals surface area contributed by atoms with Crippen molar-refractivity contribution >= 4 is 5.97 Å². The molecule has 1 aromatic carbocycles. The predicted molar refractivity (Wildman–Crippen MR) is 74.2 cm³/mol. The molecule has 0 saturated heterocycles. The van der Waals surface area contributed by atoms with E-state index in [0.29, 0.717) is 5.82 Å². The van der Waals surface area contributed by atoms with E-state index in [1.165, 1.54) is 5.56 Å². The summed E-state index contributed by atoms with van der Waals surface area (Å²) in [5.74, 6) is -0.427. The summed E-state index contributed by atoms with van der Waals surface area (Å²) in [5, 5.41) is 9.21. The van der Waals surface area contributed by atoms with Gasteiger partial charge in [0.2, 0.25) is 0 Å². The second kappa shape index (κ2) is 4.53. The van der Waals surface area contributed by atoms with E-state index in [0.717, 1.165) is 16.8 Å². The smallest absolute Gasteiger partial charge is 0.316 e. The van der Waals surface area contributed by atoms with Crippen molar-refractivity contribution in [2.75, 3.05) is 0 Å². The number of aryl methyl sites for hydroxylation is 2. The molecule has 0 spiro atoms. The van der Waals surface area contributed by atoms with Gasteiger partial charge < -0.3 is 10.1 Å². The summed E-state index contributed by atoms with van der Waals surface area (Å²) in [7, 11) is 0. The topological polar surface area (TPSA) is 66.0 Å². The molecule has 0 aliphatic rings. The first-order valence-corrected chi connectivity index (χ1v) is 6.19. The van der Waals surface area contributed by atoms with Crippen LogP contribution in [0.3, 0.4) is 0 Å². The summed E-state index contributed by atoms with van der Waals surface area (Å²) in [6, 6.07) is 6.15. The van der Waals surface area contributed by atoms with Crippen LogP contribution in [-0.2, 0) is 10.2 Å². The number of rotatable bonds is 3. The van der Waals surface area contributed by atoms with Crippen LogP contribution in [0.15, 0.2) is 24.4 Å². The molecule has 100 valence electrons. The second-order valence-electron chi connectivity index (χ2n) is 5.39. The van der Waals surface area contributed by atoms with Crippen molar-refractivity contribution < 1.29 is 9.90 Å². The zero-order valence-electron chi connectivity index (χ0n) is 11.6. The van der Waals surface area contributed by atoms with Gasteiger partial charge in [-0.3, -0.25) is 4.79 Å². The first-order valence-electron chi connectivity index (χ1n) is 6.19. The molecule has 0 radical (unpaired) electrons. The number of hydrogen-bond donors (Lipinski definition) is 2. The van der Waals surface area contributed by atoms with Crippen LogP contribution in [0, 0.1) is 13.8 Å². The van der Waals surface area contributed by atoms with E-state index >= 15 is 0 Å². The molecule has 0 atom stereocenters. The number of imidazole rings is 1. The number of carboxylic acid groups (broad SMARTS) is 1. The number of benzene rings is 1. The Kier molecular flexibility index (Phi) is 3.18. The van der Waals surface area contributed by atoms with Crippen molar-refractivity contribution in [3.63, 3.8) is 0 Å². The van der Waals surface area contributed by atoms with Gasteiger partial charge >= 0.3 is 5.97 Å². The van der Waals surface area contributed by atoms with Gasteiger partial charge in [-0.05, 0) is 33.3 Å². The lowest BCUT2D eigenvalue weighted by Gasteiger charge is -2.15. The molecule has 19 heavy (non-hydrogen) atoms. The molecule has 0 amide bonds. The molecule has 0 bridgehead atoms. The SMILES string of the molecule is Cc1ccc(-c2cnc(C(C)(C)C(=O)O)[nH]2)c(C)c1. The van der Waals surface area contributed by atoms with E-state index in [4.69, 9.17) is 0 Å². The van der Waals surface area contributed by atoms with Crippen molar-refractivity contribution in [1.82, 2.24) is 9.97 Å². The first kappa shape index (κ1) is 13.3. The van der Waals surface area contributed by atoms with Gasteiger partial charge in [-0.15, -0.1) is 0 Å². The molecule has 0 unspecified atom stereocenters. The highest BCUT2D eigenvalue weighted by Crippen LogP contribution is 2.26. The van der Waals surface area contributed by atoms with E-state index in [1.807, 2.05) is 26.0 Å². The van der Waals surface area contributed by atoms with Crippen LogP contribution < -0.4 is 0 Å². The van der Waals surface area contributed by atoms with Gasteiger partial charge in [0.15, 0.2) is 0 Å². The number of hydrogen-bond acceptors (Lipinski definition) is 2. The summed E-state index contributed by atoms with van der Waals surface area (Å²) in [6.45, 7) is 7.35. The fourth-order valence-electron chi connectivity index (χ4n) is 1.99. The molecule has 0 fully saturated rings. The Hall–Kier alpha value is -2.10. The van der Waals surface area contributed by atoms with Crippen molar-refractivity contribution in [1.29, 1.82) is 0 Å². The fraction of sp³-hybridized carbons (Fsp3) is 0.333. The minimum absolute atomic E-state index is 0.468. The Balaban J connectivity index is 2.44. The van der Waals surface area contributed by atoms with Crippen molar-refractivity contribution in [2.24, 2.45) is 0 Å². The maximum Gasteiger partial charge on any atom is 0.316 e. The molecular weight excluding hydrogens is 240 g/mol. The van der Waals surface area contributed by atoms with Crippen LogP contribution >= 0.6 is 0 Å². The molecule has 1 aromatic heterocycles. The highest BCUT2D eigenvalue weighted by molar-refractivity contribution is 5.79. The van der Waals surface area contributed by atoms with Crippen LogP contribution in [-0.4, -0.2) is 21.0 Å². The Bertz CT molecular complexity index is 627. The van der Waals surface area contributed by atoms with Gasteiger partial charge in [-0.2, -0.15) is 0 Å². The van der Waals surface area contributed by atoms with Crippen molar-refractivity contribution in [3.8, 4) is 11.3 Å². The first-order chi connectivity index (χ1) is 8.82. The van der Waals surface area contributed by atoms with Crippen LogP contribution in [0.5, 0.6) is 0 Å². The van der Waals surface area contributed by atoms with Gasteiger partial charge in [0.25, 0.3) is 0 Å². The molecule has 4 nitrogen and oxygen atoms in total. The average Bonchev–Trinajstić information content (AvgIpc) is 2.78. The molecule has 2 rings (SSSR count). The van der Waals surface area contributed by atoms with E-state index in [1.54, 1.807) is 20.0 Å². The van der Waals surface area contributed by atoms with E-state index in [9.17, 15) is 9.90 Å². The number of H-pyrrole nitrogens is 1. The molecule has 2 N–H and O–H groups in total. The molecular formula is C15H18N2O2. The fourth-order valence-corrected chi connectivity index (χ4v) is 1.99. The lowest BCUT2D eigenvalue weighted by Crippen LogP contribution is -2.29. The van der Waals surface area contributed by atoms with E-state index in [2.05, 4.69) is 16.0 Å². The van der Waals surface area contributed by atoms with Gasteiger partial charge in [0.05, 0.1) is 11.9 Å². The molecule has 0 saturated carbocycles. The molecule has 0 aliphatic heterocycles. The van der Waals surface area contributed by atoms with Crippen molar-refractivity contribution in [2.45, 2.75) is 33.1 Å². The normalized spacial score (nSPS) is 11.6. The van der Waals surface area contributed by atoms with Crippen molar-refractivity contribution in [3.05, 3.63) is 41.3 Å². The predicted octanol–water partition coefficient (Wildman–Crippen LogP) is 3.06. The Labute approximate surface area is 112 Å². The average molecular weight is 258 g/mol. The van der Waals surface area contributed by atoms with Crippen LogP contribution in [0.2, 0.25) is 0 Å². The minimum Gasteiger partial charge on any atom is -0.481 e. The van der Waals surface area contributed by atoms with Gasteiger partial charge in [0.1, 0.15) is 11.2 Å². The lowest BCUT2D eigenvalue weighted by atomic mass is 9.93. The number of carboxylic acids is 1. The minimum atomic E-state index is -1.02. The Morgan fingerprint density at radius 2 is 2.00 bits per heavy atom. The largest absolute Gasteiger partial charge is 0.481 e. The second-order valence-corrected chi connectivity index (χ2v) is 5.39. The van der Waals surface area contributed by atoms with Gasteiger partial charge in [-0.1, -0.05) is 23.8 Å². The maximum atomic E-state index is 11.2. The molecule has 2 aromatic rings. The quantitative estimate of drug-likeness (QED) is 0.889. The summed E-state index contributed by atoms with van der Waals surface area (Å²) in [4.78, 5) is 18.6. The molecule has 0 aliphatic carbocycles. The highest BCUT2D eigenvalue weighted by atomic mass is 16.4. The number of nitrogens with one attached hydrogen (secondary N) is 1. The summed E-state index contributed by atoms with van der Waals surface area (Å²) in [5.41, 5.74) is 3.22. The van der Waals surface area contributed by atoms with Gasteiger partial charge in [0, 0.05) is 5.56 Å². The number of carbonyl (C=O) groups is 1. The summed E-state index contributed by atoms with van der Waals surface area (Å²) < 4.78 is 0. The zero-order valence-corrected chi connectivity index (χ0v) is 11.6. The molecule has 1 heterocycles. The van der Waals surface area contributed by atoms with Crippen LogP contribution in [0.4, 0.5) is 0 Å². The third kappa shape index (κ3) is 2.38. The van der Waals surface area contributed by atoms with Gasteiger partial charge in [-0.25, -0.2) is 4.98 Å². The summed E-state index contributed by atoms with van der Waals surface area (Å²) in [6.07, 6.45) is 1.69. The number of aliphatic carboxylic acids is 1. The Morgan fingerprint density at radius 1 is 1.32 bits per heavy atom. The zero-order chi connectivity index (χ0) is 14.2. The third-order valence-corrected chi connectivity index (χ3v) is 3.37. The van der Waals surface area contributed by atoms with Crippen LogP contribution in [0.1, 0.15) is 30.8 Å². The number of nitrogens with zero attached hydrogens (tertiary/aromatic N) is 1. The molecule has 4 heteroatoms. The van der Waals surface area contributed by atoms with Crippen LogP contribution in [0.25, 0.3) is 11.3 Å². The lowest BCUT2D eigenvalue weighted by molar-refractivity contribution is -0.142. The number of aromatic nitrogens is 2. The monoisotopic (exact) mass is 258 g/mol. The number of aromatic amines is 1. The Morgan fingerprint density at radius 3 is 2.58 bits per heavy atom. The third-order valence-electron chi connectivity index (χ3n) is 3.37. The van der Waals surface area contributed by atoms with E-state index in [-0.39, 0.29) is 0 Å². The summed E-state index contributed by atoms with van der Waals surface area (Å²) >= 11 is 0.